The van der Waals surface area contributed by atoms with E-state index in [1.165, 1.54) is 21.5 Å². The van der Waals surface area contributed by atoms with Crippen LogP contribution in [0, 0.1) is 5.92 Å². The third kappa shape index (κ3) is 1.77. The highest BCUT2D eigenvalue weighted by molar-refractivity contribution is 7.18. The average molecular weight is 263 g/mol. The molecule has 1 atom stereocenters. The third-order valence-electron chi connectivity index (χ3n) is 3.62. The van der Waals surface area contributed by atoms with E-state index in [0.717, 1.165) is 35.4 Å². The molecular formula is C13H17N3OS. The van der Waals surface area contributed by atoms with E-state index in [0.29, 0.717) is 6.54 Å². The van der Waals surface area contributed by atoms with E-state index in [4.69, 9.17) is 0 Å². The molecule has 0 unspecified atom stereocenters. The first-order valence-corrected chi connectivity index (χ1v) is 7.40. The van der Waals surface area contributed by atoms with E-state index in [2.05, 4.69) is 17.2 Å². The molecule has 0 radical (unpaired) electrons. The second-order valence-electron chi connectivity index (χ2n) is 5.15. The van der Waals surface area contributed by atoms with Crippen molar-refractivity contribution in [3.05, 3.63) is 20.8 Å². The summed E-state index contributed by atoms with van der Waals surface area (Å²) in [4.78, 5) is 14.6. The molecular weight excluding hydrogens is 246 g/mol. The molecule has 0 fully saturated rings. The molecule has 0 saturated carbocycles. The van der Waals surface area contributed by atoms with E-state index in [9.17, 15) is 4.79 Å². The predicted molar refractivity (Wildman–Crippen MR) is 73.2 cm³/mol. The molecule has 5 heteroatoms. The number of aryl methyl sites for hydroxylation is 2. The molecule has 4 nitrogen and oxygen atoms in total. The Balaban J connectivity index is 2.22. The van der Waals surface area contributed by atoms with Gasteiger partial charge in [0.05, 0.1) is 5.39 Å². The van der Waals surface area contributed by atoms with Crippen LogP contribution in [-0.2, 0) is 19.4 Å². The van der Waals surface area contributed by atoms with Crippen LogP contribution >= 0.6 is 11.3 Å². The molecule has 0 N–H and O–H groups in total. The lowest BCUT2D eigenvalue weighted by Gasteiger charge is -2.17. The summed E-state index contributed by atoms with van der Waals surface area (Å²) in [5, 5.41) is 9.08. The van der Waals surface area contributed by atoms with Crippen LogP contribution < -0.4 is 5.56 Å². The van der Waals surface area contributed by atoms with Gasteiger partial charge in [-0.25, -0.2) is 4.68 Å². The Morgan fingerprint density at radius 2 is 2.33 bits per heavy atom. The Labute approximate surface area is 110 Å². The van der Waals surface area contributed by atoms with Crippen molar-refractivity contribution >= 4 is 21.6 Å². The molecule has 0 aliphatic heterocycles. The van der Waals surface area contributed by atoms with Gasteiger partial charge < -0.3 is 0 Å². The number of aromatic nitrogens is 3. The van der Waals surface area contributed by atoms with Crippen molar-refractivity contribution in [2.75, 3.05) is 0 Å². The van der Waals surface area contributed by atoms with Gasteiger partial charge in [0.2, 0.25) is 0 Å². The zero-order valence-electron chi connectivity index (χ0n) is 10.8. The standard InChI is InChI=1S/C13H17N3OS/c1-3-6-16-13(17)11-9-5-4-8(2)7-10(9)18-12(11)14-15-16/h8H,3-7H2,1-2H3/t8-/m0/s1. The summed E-state index contributed by atoms with van der Waals surface area (Å²) in [6.45, 7) is 4.97. The highest BCUT2D eigenvalue weighted by Crippen LogP contribution is 2.35. The largest absolute Gasteiger partial charge is 0.278 e. The molecule has 0 spiro atoms. The highest BCUT2D eigenvalue weighted by Gasteiger charge is 2.23. The first-order valence-electron chi connectivity index (χ1n) is 6.58. The predicted octanol–water partition coefficient (Wildman–Crippen LogP) is 2.39. The summed E-state index contributed by atoms with van der Waals surface area (Å²) in [6, 6.07) is 0. The van der Waals surface area contributed by atoms with Crippen LogP contribution in [0.3, 0.4) is 0 Å². The van der Waals surface area contributed by atoms with Gasteiger partial charge in [-0.1, -0.05) is 19.1 Å². The topological polar surface area (TPSA) is 47.8 Å². The Bertz CT molecular complexity index is 643. The lowest BCUT2D eigenvalue weighted by molar-refractivity contribution is 0.508. The van der Waals surface area contributed by atoms with Crippen molar-refractivity contribution in [3.8, 4) is 0 Å². The molecule has 2 aromatic rings. The van der Waals surface area contributed by atoms with Gasteiger partial charge in [0, 0.05) is 11.4 Å². The molecule has 96 valence electrons. The second kappa shape index (κ2) is 4.46. The zero-order valence-corrected chi connectivity index (χ0v) is 11.6. The summed E-state index contributed by atoms with van der Waals surface area (Å²) in [7, 11) is 0. The summed E-state index contributed by atoms with van der Waals surface area (Å²) in [5.41, 5.74) is 1.30. The minimum Gasteiger partial charge on any atom is -0.267 e. The number of hydrogen-bond acceptors (Lipinski definition) is 4. The van der Waals surface area contributed by atoms with E-state index in [-0.39, 0.29) is 5.56 Å². The molecule has 3 rings (SSSR count). The average Bonchev–Trinajstić information content (AvgIpc) is 2.71. The van der Waals surface area contributed by atoms with Gasteiger partial charge in [-0.15, -0.1) is 16.4 Å². The third-order valence-corrected chi connectivity index (χ3v) is 4.76. The van der Waals surface area contributed by atoms with E-state index in [1.807, 2.05) is 6.92 Å². The molecule has 0 aromatic carbocycles. The van der Waals surface area contributed by atoms with Crippen LogP contribution in [0.25, 0.3) is 10.2 Å². The molecule has 1 aliphatic rings. The summed E-state index contributed by atoms with van der Waals surface area (Å²) >= 11 is 1.66. The molecule has 2 aromatic heterocycles. The van der Waals surface area contributed by atoms with Gasteiger partial charge >= 0.3 is 0 Å². The maximum atomic E-state index is 12.4. The lowest BCUT2D eigenvalue weighted by Crippen LogP contribution is -2.24. The second-order valence-corrected chi connectivity index (χ2v) is 6.23. The number of hydrogen-bond donors (Lipinski definition) is 0. The van der Waals surface area contributed by atoms with Gasteiger partial charge in [0.1, 0.15) is 0 Å². The quantitative estimate of drug-likeness (QED) is 0.836. The maximum absolute atomic E-state index is 12.4. The van der Waals surface area contributed by atoms with Crippen LogP contribution in [0.4, 0.5) is 0 Å². The van der Waals surface area contributed by atoms with E-state index in [1.54, 1.807) is 11.3 Å². The molecule has 0 saturated heterocycles. The molecule has 0 bridgehead atoms. The minimum atomic E-state index is 0.0499. The number of nitrogens with zero attached hydrogens (tertiary/aromatic N) is 3. The van der Waals surface area contributed by atoms with Crippen LogP contribution in [-0.4, -0.2) is 15.0 Å². The normalized spacial score (nSPS) is 19.1. The van der Waals surface area contributed by atoms with Crippen molar-refractivity contribution in [2.45, 2.75) is 46.1 Å². The molecule has 2 heterocycles. The number of rotatable bonds is 2. The van der Waals surface area contributed by atoms with Crippen LogP contribution in [0.15, 0.2) is 4.79 Å². The Hall–Kier alpha value is -1.23. The minimum absolute atomic E-state index is 0.0499. The van der Waals surface area contributed by atoms with E-state index >= 15 is 0 Å². The van der Waals surface area contributed by atoms with Gasteiger partial charge in [0.25, 0.3) is 5.56 Å². The molecule has 18 heavy (non-hydrogen) atoms. The van der Waals surface area contributed by atoms with Crippen LogP contribution in [0.5, 0.6) is 0 Å². The molecule has 0 amide bonds. The maximum Gasteiger partial charge on any atom is 0.278 e. The summed E-state index contributed by atoms with van der Waals surface area (Å²) < 4.78 is 1.51. The SMILES string of the molecule is CCCn1nnc2sc3c(c2c1=O)CC[C@H](C)C3. The number of fused-ring (bicyclic) bond motifs is 3. The van der Waals surface area contributed by atoms with Crippen molar-refractivity contribution in [2.24, 2.45) is 5.92 Å². The van der Waals surface area contributed by atoms with Crippen molar-refractivity contribution in [1.82, 2.24) is 15.0 Å². The Kier molecular flexibility index (Phi) is 2.93. The van der Waals surface area contributed by atoms with Crippen molar-refractivity contribution in [3.63, 3.8) is 0 Å². The first kappa shape index (κ1) is 11.8. The van der Waals surface area contributed by atoms with Gasteiger partial charge in [-0.05, 0) is 37.2 Å². The fourth-order valence-electron chi connectivity index (χ4n) is 2.65. The van der Waals surface area contributed by atoms with Gasteiger partial charge in [0.15, 0.2) is 4.83 Å². The van der Waals surface area contributed by atoms with E-state index < -0.39 is 0 Å². The van der Waals surface area contributed by atoms with Crippen LogP contribution in [0.2, 0.25) is 0 Å². The fraction of sp³-hybridized carbons (Fsp3) is 0.615. The fourth-order valence-corrected chi connectivity index (χ4v) is 3.97. The Morgan fingerprint density at radius 3 is 3.11 bits per heavy atom. The Morgan fingerprint density at radius 1 is 1.50 bits per heavy atom. The summed E-state index contributed by atoms with van der Waals surface area (Å²) in [5.74, 6) is 0.719. The van der Waals surface area contributed by atoms with Crippen LogP contribution in [0.1, 0.15) is 37.1 Å². The summed E-state index contributed by atoms with van der Waals surface area (Å²) in [6.07, 6.45) is 4.19. The van der Waals surface area contributed by atoms with Crippen molar-refractivity contribution < 1.29 is 0 Å². The first-order chi connectivity index (χ1) is 8.70. The molecule has 1 aliphatic carbocycles. The lowest BCUT2D eigenvalue weighted by atomic mass is 9.89. The smallest absolute Gasteiger partial charge is 0.267 e. The zero-order chi connectivity index (χ0) is 12.7. The van der Waals surface area contributed by atoms with Gasteiger partial charge in [-0.2, -0.15) is 0 Å². The van der Waals surface area contributed by atoms with Crippen molar-refractivity contribution in [1.29, 1.82) is 0 Å². The highest BCUT2D eigenvalue weighted by atomic mass is 32.1. The number of thiophene rings is 1. The van der Waals surface area contributed by atoms with Gasteiger partial charge in [-0.3, -0.25) is 4.79 Å². The monoisotopic (exact) mass is 263 g/mol.